The zero-order valence-electron chi connectivity index (χ0n) is 10.4. The highest BCUT2D eigenvalue weighted by molar-refractivity contribution is 5.57. The minimum Gasteiger partial charge on any atom is -0.303 e. The first-order valence-electron chi connectivity index (χ1n) is 6.20. The van der Waals surface area contributed by atoms with Crippen molar-refractivity contribution in [1.29, 1.82) is 0 Å². The van der Waals surface area contributed by atoms with Crippen molar-refractivity contribution in [2.75, 3.05) is 0 Å². The molecule has 0 aromatic heterocycles. The van der Waals surface area contributed by atoms with Gasteiger partial charge in [-0.2, -0.15) is 0 Å². The van der Waals surface area contributed by atoms with E-state index in [1.807, 2.05) is 0 Å². The van der Waals surface area contributed by atoms with Gasteiger partial charge in [-0.15, -0.1) is 0 Å². The van der Waals surface area contributed by atoms with Crippen LogP contribution in [0.15, 0.2) is 12.1 Å². The number of benzene rings is 1. The number of carbonyl (C=O) groups excluding carboxylic acids is 1. The molecule has 0 amide bonds. The average Bonchev–Trinajstić information content (AvgIpc) is 2.28. The standard InChI is InChI=1S/C15H20O/c1-10(2)13-6-4-11(3)14-7-5-12(9-16)8-15(13)14/h4,6,9-10,12H,5,7-8H2,1-3H3. The minimum atomic E-state index is 0.242. The van der Waals surface area contributed by atoms with Crippen LogP contribution in [0, 0.1) is 12.8 Å². The molecule has 1 aromatic carbocycles. The van der Waals surface area contributed by atoms with Gasteiger partial charge in [-0.1, -0.05) is 26.0 Å². The fourth-order valence-electron chi connectivity index (χ4n) is 2.77. The molecule has 1 aliphatic carbocycles. The summed E-state index contributed by atoms with van der Waals surface area (Å²) in [5, 5.41) is 0. The first-order chi connectivity index (χ1) is 7.63. The van der Waals surface area contributed by atoms with Gasteiger partial charge in [-0.3, -0.25) is 0 Å². The van der Waals surface area contributed by atoms with E-state index >= 15 is 0 Å². The van der Waals surface area contributed by atoms with Crippen molar-refractivity contribution in [3.8, 4) is 0 Å². The molecule has 1 aromatic rings. The molecular weight excluding hydrogens is 196 g/mol. The van der Waals surface area contributed by atoms with Crippen LogP contribution in [0.2, 0.25) is 0 Å². The molecular formula is C15H20O. The number of rotatable bonds is 2. The van der Waals surface area contributed by atoms with Crippen molar-refractivity contribution >= 4 is 6.29 Å². The van der Waals surface area contributed by atoms with Gasteiger partial charge in [0.25, 0.3) is 0 Å². The minimum absolute atomic E-state index is 0.242. The molecule has 0 fully saturated rings. The van der Waals surface area contributed by atoms with E-state index in [9.17, 15) is 4.79 Å². The molecule has 0 N–H and O–H groups in total. The molecule has 1 aliphatic rings. The van der Waals surface area contributed by atoms with Crippen molar-refractivity contribution in [3.05, 3.63) is 34.4 Å². The Morgan fingerprint density at radius 3 is 2.69 bits per heavy atom. The number of aryl methyl sites for hydroxylation is 1. The number of carbonyl (C=O) groups is 1. The van der Waals surface area contributed by atoms with Gasteiger partial charge in [0.2, 0.25) is 0 Å². The van der Waals surface area contributed by atoms with Crippen molar-refractivity contribution in [1.82, 2.24) is 0 Å². The molecule has 0 bridgehead atoms. The number of fused-ring (bicyclic) bond motifs is 1. The van der Waals surface area contributed by atoms with Crippen LogP contribution in [0.1, 0.15) is 48.4 Å². The molecule has 0 saturated carbocycles. The summed E-state index contributed by atoms with van der Waals surface area (Å²) in [5.41, 5.74) is 5.79. The Morgan fingerprint density at radius 1 is 1.31 bits per heavy atom. The van der Waals surface area contributed by atoms with Crippen molar-refractivity contribution in [2.45, 2.75) is 46.0 Å². The van der Waals surface area contributed by atoms with Crippen molar-refractivity contribution in [2.24, 2.45) is 5.92 Å². The molecule has 1 nitrogen and oxygen atoms in total. The Bertz CT molecular complexity index is 404. The fraction of sp³-hybridized carbons (Fsp3) is 0.533. The highest BCUT2D eigenvalue weighted by Gasteiger charge is 2.22. The van der Waals surface area contributed by atoms with Gasteiger partial charge in [-0.05, 0) is 54.4 Å². The van der Waals surface area contributed by atoms with E-state index in [0.29, 0.717) is 5.92 Å². The van der Waals surface area contributed by atoms with Gasteiger partial charge < -0.3 is 4.79 Å². The van der Waals surface area contributed by atoms with Crippen LogP contribution >= 0.6 is 0 Å². The summed E-state index contributed by atoms with van der Waals surface area (Å²) in [5.74, 6) is 0.798. The number of hydrogen-bond donors (Lipinski definition) is 0. The second kappa shape index (κ2) is 4.40. The average molecular weight is 216 g/mol. The van der Waals surface area contributed by atoms with Gasteiger partial charge >= 0.3 is 0 Å². The summed E-state index contributed by atoms with van der Waals surface area (Å²) >= 11 is 0. The fourth-order valence-corrected chi connectivity index (χ4v) is 2.77. The van der Waals surface area contributed by atoms with Crippen molar-refractivity contribution in [3.63, 3.8) is 0 Å². The van der Waals surface area contributed by atoms with Gasteiger partial charge in [-0.25, -0.2) is 0 Å². The second-order valence-corrected chi connectivity index (χ2v) is 5.22. The van der Waals surface area contributed by atoms with Crippen LogP contribution < -0.4 is 0 Å². The third kappa shape index (κ3) is 1.91. The van der Waals surface area contributed by atoms with Crippen molar-refractivity contribution < 1.29 is 4.79 Å². The van der Waals surface area contributed by atoms with E-state index in [1.54, 1.807) is 0 Å². The summed E-state index contributed by atoms with van der Waals surface area (Å²) in [6.07, 6.45) is 4.19. The van der Waals surface area contributed by atoms with Gasteiger partial charge in [0.15, 0.2) is 0 Å². The Balaban J connectivity index is 2.48. The zero-order valence-corrected chi connectivity index (χ0v) is 10.4. The van der Waals surface area contributed by atoms with E-state index in [2.05, 4.69) is 32.9 Å². The number of aldehydes is 1. The molecule has 0 heterocycles. The van der Waals surface area contributed by atoms with E-state index in [1.165, 1.54) is 22.3 Å². The molecule has 1 heteroatoms. The van der Waals surface area contributed by atoms with Gasteiger partial charge in [0.05, 0.1) is 0 Å². The summed E-state index contributed by atoms with van der Waals surface area (Å²) in [6, 6.07) is 4.47. The lowest BCUT2D eigenvalue weighted by Gasteiger charge is -2.26. The lowest BCUT2D eigenvalue weighted by molar-refractivity contribution is -0.111. The predicted molar refractivity (Wildman–Crippen MR) is 66.8 cm³/mol. The maximum absolute atomic E-state index is 10.9. The highest BCUT2D eigenvalue weighted by atomic mass is 16.1. The first kappa shape index (κ1) is 11.4. The summed E-state index contributed by atoms with van der Waals surface area (Å²) < 4.78 is 0. The maximum atomic E-state index is 10.9. The zero-order chi connectivity index (χ0) is 11.7. The number of hydrogen-bond acceptors (Lipinski definition) is 1. The lowest BCUT2D eigenvalue weighted by Crippen LogP contribution is -2.18. The monoisotopic (exact) mass is 216 g/mol. The molecule has 0 spiro atoms. The third-order valence-corrected chi connectivity index (χ3v) is 3.75. The Morgan fingerprint density at radius 2 is 2.06 bits per heavy atom. The first-order valence-corrected chi connectivity index (χ1v) is 6.20. The van der Waals surface area contributed by atoms with Crippen LogP contribution in [-0.4, -0.2) is 6.29 Å². The van der Waals surface area contributed by atoms with Crippen LogP contribution in [0.5, 0.6) is 0 Å². The quantitative estimate of drug-likeness (QED) is 0.692. The Hall–Kier alpha value is -1.11. The summed E-state index contributed by atoms with van der Waals surface area (Å²) in [6.45, 7) is 6.65. The highest BCUT2D eigenvalue weighted by Crippen LogP contribution is 2.32. The Kier molecular flexibility index (Phi) is 3.13. The third-order valence-electron chi connectivity index (χ3n) is 3.75. The van der Waals surface area contributed by atoms with Crippen LogP contribution in [-0.2, 0) is 17.6 Å². The lowest BCUT2D eigenvalue weighted by atomic mass is 9.78. The SMILES string of the molecule is Cc1ccc(C(C)C)c2c1CCC(C=O)C2. The molecule has 16 heavy (non-hydrogen) atoms. The van der Waals surface area contributed by atoms with E-state index in [4.69, 9.17) is 0 Å². The largest absolute Gasteiger partial charge is 0.303 e. The van der Waals surface area contributed by atoms with Crippen LogP contribution in [0.4, 0.5) is 0 Å². The van der Waals surface area contributed by atoms with Crippen LogP contribution in [0.3, 0.4) is 0 Å². The normalized spacial score (nSPS) is 19.6. The van der Waals surface area contributed by atoms with Gasteiger partial charge in [0, 0.05) is 5.92 Å². The van der Waals surface area contributed by atoms with Gasteiger partial charge in [0.1, 0.15) is 6.29 Å². The molecule has 0 saturated heterocycles. The molecule has 86 valence electrons. The van der Waals surface area contributed by atoms with E-state index in [-0.39, 0.29) is 5.92 Å². The summed E-state index contributed by atoms with van der Waals surface area (Å²) in [4.78, 5) is 10.9. The molecule has 0 aliphatic heterocycles. The van der Waals surface area contributed by atoms with E-state index < -0.39 is 0 Å². The second-order valence-electron chi connectivity index (χ2n) is 5.22. The van der Waals surface area contributed by atoms with Crippen LogP contribution in [0.25, 0.3) is 0 Å². The summed E-state index contributed by atoms with van der Waals surface area (Å²) in [7, 11) is 0. The molecule has 1 unspecified atom stereocenters. The topological polar surface area (TPSA) is 17.1 Å². The molecule has 0 radical (unpaired) electrons. The Labute approximate surface area is 97.9 Å². The van der Waals surface area contributed by atoms with E-state index in [0.717, 1.165) is 25.5 Å². The predicted octanol–water partition coefficient (Wildman–Crippen LogP) is 3.42. The smallest absolute Gasteiger partial charge is 0.123 e. The molecule has 2 rings (SSSR count). The maximum Gasteiger partial charge on any atom is 0.123 e. The molecule has 1 atom stereocenters.